The Hall–Kier alpha value is -4.00. The molecule has 2 aromatic carbocycles. The third kappa shape index (κ3) is 4.07. The Kier molecular flexibility index (Phi) is 6.07. The van der Waals surface area contributed by atoms with Gasteiger partial charge in [-0.2, -0.15) is 5.26 Å². The Morgan fingerprint density at radius 1 is 1.06 bits per heavy atom. The van der Waals surface area contributed by atoms with Crippen LogP contribution < -0.4 is 5.73 Å². The number of hydrogen-bond donors (Lipinski definition) is 1. The van der Waals surface area contributed by atoms with E-state index in [0.29, 0.717) is 50.3 Å². The summed E-state index contributed by atoms with van der Waals surface area (Å²) < 4.78 is 5.52. The number of carbonyl (C=O) groups is 1. The molecule has 178 valence electrons. The van der Waals surface area contributed by atoms with Gasteiger partial charge in [0.15, 0.2) is 5.78 Å². The predicted molar refractivity (Wildman–Crippen MR) is 127 cm³/mol. The molecule has 2 aromatic rings. The highest BCUT2D eigenvalue weighted by atomic mass is 16.6. The number of nitro benzene ring substituents is 1. The van der Waals surface area contributed by atoms with E-state index in [4.69, 9.17) is 10.5 Å². The average molecular weight is 472 g/mol. The van der Waals surface area contributed by atoms with Crippen LogP contribution >= 0.6 is 0 Å². The number of nitrogens with two attached hydrogens (primary N) is 1. The number of morpholine rings is 1. The summed E-state index contributed by atoms with van der Waals surface area (Å²) >= 11 is 0. The van der Waals surface area contributed by atoms with Crippen LogP contribution in [0.3, 0.4) is 0 Å². The first kappa shape index (κ1) is 22.8. The standard InChI is InChI=1S/C26H25N5O4/c27-16-21-24(18-7-4-8-20(13-18)31(33)34)25-22(30(26(21)28)29-9-11-35-12-10-29)14-19(15-23(25)32)17-5-2-1-3-6-17/h1-8,13,19,24H,9-12,14-15,28H2. The van der Waals surface area contributed by atoms with Crippen molar-refractivity contribution in [3.8, 4) is 6.07 Å². The van der Waals surface area contributed by atoms with Gasteiger partial charge in [0.2, 0.25) is 0 Å². The molecule has 2 unspecified atom stereocenters. The smallest absolute Gasteiger partial charge is 0.269 e. The van der Waals surface area contributed by atoms with E-state index in [1.807, 2.05) is 40.3 Å². The molecule has 0 spiro atoms. The van der Waals surface area contributed by atoms with Gasteiger partial charge in [-0.05, 0) is 23.5 Å². The highest BCUT2D eigenvalue weighted by Crippen LogP contribution is 2.48. The fraction of sp³-hybridized carbons (Fsp3) is 0.308. The second kappa shape index (κ2) is 9.33. The number of allylic oxidation sites excluding steroid dienone is 3. The summed E-state index contributed by atoms with van der Waals surface area (Å²) in [4.78, 5) is 24.8. The molecule has 0 saturated carbocycles. The molecule has 2 atom stereocenters. The number of carbonyl (C=O) groups excluding carboxylic acids is 1. The van der Waals surface area contributed by atoms with Gasteiger partial charge in [0.25, 0.3) is 5.69 Å². The third-order valence-electron chi connectivity index (χ3n) is 6.90. The molecular formula is C26H25N5O4. The fourth-order valence-corrected chi connectivity index (χ4v) is 5.30. The van der Waals surface area contributed by atoms with Crippen molar-refractivity contribution >= 4 is 11.5 Å². The zero-order valence-corrected chi connectivity index (χ0v) is 19.1. The average Bonchev–Trinajstić information content (AvgIpc) is 2.89. The van der Waals surface area contributed by atoms with Crippen LogP contribution in [0.5, 0.6) is 0 Å². The Bertz CT molecular complexity index is 1270. The molecule has 35 heavy (non-hydrogen) atoms. The first-order chi connectivity index (χ1) is 17.0. The second-order valence-electron chi connectivity index (χ2n) is 8.87. The molecule has 0 radical (unpaired) electrons. The lowest BCUT2D eigenvalue weighted by Gasteiger charge is -2.47. The fourth-order valence-electron chi connectivity index (χ4n) is 5.30. The molecule has 2 heterocycles. The van der Waals surface area contributed by atoms with Gasteiger partial charge in [-0.1, -0.05) is 42.5 Å². The zero-order chi connectivity index (χ0) is 24.5. The number of Topliss-reactive ketones (excluding diaryl/α,β-unsaturated/α-hetero) is 1. The monoisotopic (exact) mass is 471 g/mol. The van der Waals surface area contributed by atoms with Crippen LogP contribution in [0.2, 0.25) is 0 Å². The summed E-state index contributed by atoms with van der Waals surface area (Å²) in [5, 5.41) is 25.5. The number of nitrogens with zero attached hydrogens (tertiary/aromatic N) is 4. The number of ketones is 1. The van der Waals surface area contributed by atoms with E-state index in [1.54, 1.807) is 12.1 Å². The van der Waals surface area contributed by atoms with Gasteiger partial charge in [-0.3, -0.25) is 19.9 Å². The summed E-state index contributed by atoms with van der Waals surface area (Å²) in [6.45, 7) is 2.17. The molecule has 0 aromatic heterocycles. The maximum absolute atomic E-state index is 13.8. The SMILES string of the molecule is N#CC1=C(N)N(N2CCOCC2)C2=C(C(=O)CC(c3ccccc3)C2)C1c1cccc([N+](=O)[O-])c1. The minimum Gasteiger partial charge on any atom is -0.383 e. The number of non-ortho nitro benzene ring substituents is 1. The number of ether oxygens (including phenoxy) is 1. The summed E-state index contributed by atoms with van der Waals surface area (Å²) in [6, 6.07) is 18.2. The van der Waals surface area contributed by atoms with Crippen molar-refractivity contribution in [2.45, 2.75) is 24.7 Å². The normalized spacial score (nSPS) is 23.2. The first-order valence-electron chi connectivity index (χ1n) is 11.6. The summed E-state index contributed by atoms with van der Waals surface area (Å²) in [6.07, 6.45) is 0.858. The molecule has 2 N–H and O–H groups in total. The van der Waals surface area contributed by atoms with Crippen molar-refractivity contribution in [3.05, 3.63) is 98.5 Å². The van der Waals surface area contributed by atoms with Crippen LogP contribution in [0.15, 0.2) is 77.3 Å². The van der Waals surface area contributed by atoms with Crippen LogP contribution in [0.25, 0.3) is 0 Å². The largest absolute Gasteiger partial charge is 0.383 e. The number of nitro groups is 1. The molecule has 0 amide bonds. The van der Waals surface area contributed by atoms with Gasteiger partial charge in [-0.25, -0.2) is 5.01 Å². The lowest BCUT2D eigenvalue weighted by Crippen LogP contribution is -2.52. The molecular weight excluding hydrogens is 446 g/mol. The number of hydrazine groups is 1. The minimum atomic E-state index is -0.753. The van der Waals surface area contributed by atoms with Crippen LogP contribution in [-0.4, -0.2) is 47.0 Å². The third-order valence-corrected chi connectivity index (χ3v) is 6.90. The van der Waals surface area contributed by atoms with Crippen molar-refractivity contribution in [1.82, 2.24) is 10.0 Å². The van der Waals surface area contributed by atoms with Gasteiger partial charge in [0.1, 0.15) is 5.82 Å². The van der Waals surface area contributed by atoms with Crippen molar-refractivity contribution in [3.63, 3.8) is 0 Å². The maximum Gasteiger partial charge on any atom is 0.269 e. The van der Waals surface area contributed by atoms with E-state index < -0.39 is 10.8 Å². The van der Waals surface area contributed by atoms with E-state index in [0.717, 1.165) is 11.3 Å². The number of rotatable bonds is 4. The van der Waals surface area contributed by atoms with Crippen LogP contribution in [0, 0.1) is 21.4 Å². The second-order valence-corrected chi connectivity index (χ2v) is 8.87. The summed E-state index contributed by atoms with van der Waals surface area (Å²) in [5.74, 6) is -0.606. The minimum absolute atomic E-state index is 0.0341. The quantitative estimate of drug-likeness (QED) is 0.532. The highest BCUT2D eigenvalue weighted by Gasteiger charge is 2.44. The van der Waals surface area contributed by atoms with Gasteiger partial charge in [0.05, 0.1) is 35.7 Å². The van der Waals surface area contributed by atoms with Crippen molar-refractivity contribution in [1.29, 1.82) is 5.26 Å². The zero-order valence-electron chi connectivity index (χ0n) is 19.1. The molecule has 1 fully saturated rings. The van der Waals surface area contributed by atoms with Crippen molar-refractivity contribution in [2.75, 3.05) is 26.3 Å². The molecule has 3 aliphatic rings. The molecule has 1 aliphatic carbocycles. The molecule has 5 rings (SSSR count). The number of benzene rings is 2. The topological polar surface area (TPSA) is 126 Å². The van der Waals surface area contributed by atoms with Crippen molar-refractivity contribution in [2.24, 2.45) is 5.73 Å². The maximum atomic E-state index is 13.8. The van der Waals surface area contributed by atoms with Gasteiger partial charge in [0, 0.05) is 42.9 Å². The molecule has 1 saturated heterocycles. The highest BCUT2D eigenvalue weighted by molar-refractivity contribution is 6.00. The van der Waals surface area contributed by atoms with Crippen LogP contribution in [-0.2, 0) is 9.53 Å². The molecule has 2 aliphatic heterocycles. The van der Waals surface area contributed by atoms with Gasteiger partial charge < -0.3 is 10.5 Å². The lowest BCUT2D eigenvalue weighted by atomic mass is 9.72. The Morgan fingerprint density at radius 2 is 1.77 bits per heavy atom. The predicted octanol–water partition coefficient (Wildman–Crippen LogP) is 3.34. The summed E-state index contributed by atoms with van der Waals surface area (Å²) in [5.41, 5.74) is 9.60. The van der Waals surface area contributed by atoms with Crippen LogP contribution in [0.4, 0.5) is 5.69 Å². The molecule has 9 heteroatoms. The van der Waals surface area contributed by atoms with E-state index in [-0.39, 0.29) is 28.8 Å². The van der Waals surface area contributed by atoms with Gasteiger partial charge in [-0.15, -0.1) is 0 Å². The van der Waals surface area contributed by atoms with Gasteiger partial charge >= 0.3 is 0 Å². The van der Waals surface area contributed by atoms with E-state index in [2.05, 4.69) is 6.07 Å². The Labute approximate surface area is 202 Å². The van der Waals surface area contributed by atoms with Crippen LogP contribution in [0.1, 0.15) is 35.8 Å². The molecule has 0 bridgehead atoms. The molecule has 9 nitrogen and oxygen atoms in total. The van der Waals surface area contributed by atoms with E-state index >= 15 is 0 Å². The number of nitriles is 1. The number of hydrogen-bond acceptors (Lipinski definition) is 8. The summed E-state index contributed by atoms with van der Waals surface area (Å²) in [7, 11) is 0. The first-order valence-corrected chi connectivity index (χ1v) is 11.6. The Balaban J connectivity index is 1.68. The van der Waals surface area contributed by atoms with E-state index in [1.165, 1.54) is 12.1 Å². The Morgan fingerprint density at radius 3 is 2.46 bits per heavy atom. The van der Waals surface area contributed by atoms with Crippen molar-refractivity contribution < 1.29 is 14.5 Å². The lowest BCUT2D eigenvalue weighted by molar-refractivity contribution is -0.384. The van der Waals surface area contributed by atoms with E-state index in [9.17, 15) is 20.2 Å².